The number of ether oxygens (including phenoxy) is 1. The third-order valence-electron chi connectivity index (χ3n) is 1.94. The van der Waals surface area contributed by atoms with Crippen LogP contribution in [0, 0.1) is 11.8 Å². The lowest BCUT2D eigenvalue weighted by molar-refractivity contribution is 0.0536. The molecule has 68 valence electrons. The summed E-state index contributed by atoms with van der Waals surface area (Å²) in [6.07, 6.45) is 5.77. The van der Waals surface area contributed by atoms with Crippen molar-refractivity contribution >= 4 is 0 Å². The highest BCUT2D eigenvalue weighted by Crippen LogP contribution is 2.10. The zero-order valence-corrected chi connectivity index (χ0v) is 7.38. The van der Waals surface area contributed by atoms with E-state index in [-0.39, 0.29) is 12.7 Å². The first-order valence-corrected chi connectivity index (χ1v) is 4.64. The van der Waals surface area contributed by atoms with Crippen LogP contribution in [0.5, 0.6) is 0 Å². The van der Waals surface area contributed by atoms with Crippen LogP contribution in [0.15, 0.2) is 0 Å². The van der Waals surface area contributed by atoms with Crippen molar-refractivity contribution in [1.29, 1.82) is 0 Å². The summed E-state index contributed by atoms with van der Waals surface area (Å²) in [5.41, 5.74) is 0. The van der Waals surface area contributed by atoms with Crippen LogP contribution in [0.2, 0.25) is 0 Å². The van der Waals surface area contributed by atoms with E-state index in [1.807, 2.05) is 0 Å². The third kappa shape index (κ3) is 3.75. The Morgan fingerprint density at radius 1 is 1.33 bits per heavy atom. The zero-order chi connectivity index (χ0) is 8.65. The Morgan fingerprint density at radius 2 is 2.25 bits per heavy atom. The van der Waals surface area contributed by atoms with Gasteiger partial charge in [-0.15, -0.1) is 5.92 Å². The van der Waals surface area contributed by atoms with Crippen LogP contribution in [0.4, 0.5) is 0 Å². The normalized spacial score (nSPS) is 23.6. The average Bonchev–Trinajstić information content (AvgIpc) is 2.02. The molecule has 12 heavy (non-hydrogen) atoms. The molecule has 1 N–H and O–H groups in total. The lowest BCUT2D eigenvalue weighted by atomic mass is 10.1. The molecule has 0 bridgehead atoms. The van der Waals surface area contributed by atoms with Crippen LogP contribution in [-0.4, -0.2) is 24.4 Å². The topological polar surface area (TPSA) is 29.5 Å². The SMILES string of the molecule is OCCO[C@H]1C#CCCCCC1. The van der Waals surface area contributed by atoms with Crippen LogP contribution in [0.3, 0.4) is 0 Å². The molecule has 1 aliphatic carbocycles. The molecule has 0 aliphatic heterocycles. The lowest BCUT2D eigenvalue weighted by Crippen LogP contribution is -2.14. The van der Waals surface area contributed by atoms with Gasteiger partial charge in [-0.25, -0.2) is 0 Å². The van der Waals surface area contributed by atoms with Crippen LogP contribution in [0.1, 0.15) is 32.1 Å². The lowest BCUT2D eigenvalue weighted by Gasteiger charge is -2.12. The van der Waals surface area contributed by atoms with Crippen molar-refractivity contribution in [3.8, 4) is 11.8 Å². The summed E-state index contributed by atoms with van der Waals surface area (Å²) in [6.45, 7) is 0.511. The maximum absolute atomic E-state index is 8.55. The second kappa shape index (κ2) is 6.05. The van der Waals surface area contributed by atoms with E-state index in [4.69, 9.17) is 9.84 Å². The molecule has 0 aromatic rings. The van der Waals surface area contributed by atoms with Crippen molar-refractivity contribution in [3.05, 3.63) is 0 Å². The first kappa shape index (κ1) is 9.57. The monoisotopic (exact) mass is 168 g/mol. The molecule has 0 unspecified atom stereocenters. The summed E-state index contributed by atoms with van der Waals surface area (Å²) in [5, 5.41) is 8.55. The molecule has 0 aromatic carbocycles. The minimum atomic E-state index is 0.0671. The van der Waals surface area contributed by atoms with Crippen molar-refractivity contribution < 1.29 is 9.84 Å². The molecule has 1 rings (SSSR count). The van der Waals surface area contributed by atoms with E-state index in [0.717, 1.165) is 12.8 Å². The van der Waals surface area contributed by atoms with Crippen LogP contribution in [0.25, 0.3) is 0 Å². The number of aliphatic hydroxyl groups is 1. The van der Waals surface area contributed by atoms with Gasteiger partial charge < -0.3 is 9.84 Å². The summed E-state index contributed by atoms with van der Waals surface area (Å²) < 4.78 is 5.34. The van der Waals surface area contributed by atoms with E-state index in [2.05, 4.69) is 11.8 Å². The van der Waals surface area contributed by atoms with Gasteiger partial charge in [-0.05, 0) is 19.3 Å². The second-order valence-electron chi connectivity index (χ2n) is 3.00. The van der Waals surface area contributed by atoms with Gasteiger partial charge in [0.1, 0.15) is 6.10 Å². The largest absolute Gasteiger partial charge is 0.394 e. The van der Waals surface area contributed by atoms with Gasteiger partial charge in [-0.3, -0.25) is 0 Å². The number of hydrogen-bond donors (Lipinski definition) is 1. The molecule has 0 saturated carbocycles. The number of aliphatic hydroxyl groups excluding tert-OH is 1. The fraction of sp³-hybridized carbons (Fsp3) is 0.800. The Hall–Kier alpha value is -0.520. The van der Waals surface area contributed by atoms with Gasteiger partial charge in [-0.1, -0.05) is 12.3 Å². The molecule has 1 atom stereocenters. The molecule has 2 heteroatoms. The minimum Gasteiger partial charge on any atom is -0.394 e. The van der Waals surface area contributed by atoms with Crippen LogP contribution >= 0.6 is 0 Å². The van der Waals surface area contributed by atoms with Crippen molar-refractivity contribution in [2.75, 3.05) is 13.2 Å². The van der Waals surface area contributed by atoms with Crippen LogP contribution < -0.4 is 0 Å². The van der Waals surface area contributed by atoms with E-state index in [1.165, 1.54) is 19.3 Å². The Balaban J connectivity index is 2.28. The standard InChI is InChI=1S/C10H16O2/c11-8-9-12-10-6-4-2-1-3-5-7-10/h10-11H,1-4,6,8-9H2/t10-/m1/s1. The molecule has 0 saturated heterocycles. The van der Waals surface area contributed by atoms with Gasteiger partial charge >= 0.3 is 0 Å². The average molecular weight is 168 g/mol. The Kier molecular flexibility index (Phi) is 4.82. The van der Waals surface area contributed by atoms with Crippen molar-refractivity contribution in [2.45, 2.75) is 38.2 Å². The van der Waals surface area contributed by atoms with E-state index in [1.54, 1.807) is 0 Å². The zero-order valence-electron chi connectivity index (χ0n) is 7.38. The van der Waals surface area contributed by atoms with Gasteiger partial charge in [0, 0.05) is 6.42 Å². The molecule has 0 amide bonds. The maximum Gasteiger partial charge on any atom is 0.118 e. The van der Waals surface area contributed by atoms with Gasteiger partial charge in [0.25, 0.3) is 0 Å². The Morgan fingerprint density at radius 3 is 3.08 bits per heavy atom. The second-order valence-corrected chi connectivity index (χ2v) is 3.00. The molecule has 0 heterocycles. The van der Waals surface area contributed by atoms with Gasteiger partial charge in [-0.2, -0.15) is 0 Å². The summed E-state index contributed by atoms with van der Waals surface area (Å²) >= 11 is 0. The predicted molar refractivity (Wildman–Crippen MR) is 47.7 cm³/mol. The molecule has 0 fully saturated rings. The highest BCUT2D eigenvalue weighted by molar-refractivity contribution is 5.05. The predicted octanol–water partition coefficient (Wildman–Crippen LogP) is 1.33. The first-order valence-electron chi connectivity index (χ1n) is 4.64. The van der Waals surface area contributed by atoms with Gasteiger partial charge in [0.15, 0.2) is 0 Å². The maximum atomic E-state index is 8.55. The quantitative estimate of drug-likeness (QED) is 0.644. The van der Waals surface area contributed by atoms with Crippen molar-refractivity contribution in [1.82, 2.24) is 0 Å². The summed E-state index contributed by atoms with van der Waals surface area (Å²) in [4.78, 5) is 0. The number of rotatable bonds is 3. The van der Waals surface area contributed by atoms with Crippen LogP contribution in [-0.2, 0) is 4.74 Å². The van der Waals surface area contributed by atoms with Gasteiger partial charge in [0.2, 0.25) is 0 Å². The highest BCUT2D eigenvalue weighted by atomic mass is 16.5. The first-order chi connectivity index (χ1) is 5.93. The summed E-state index contributed by atoms with van der Waals surface area (Å²) in [6, 6.07) is 0. The molecule has 0 aromatic heterocycles. The molecule has 0 spiro atoms. The van der Waals surface area contributed by atoms with E-state index >= 15 is 0 Å². The van der Waals surface area contributed by atoms with Crippen molar-refractivity contribution in [2.24, 2.45) is 0 Å². The van der Waals surface area contributed by atoms with Crippen molar-refractivity contribution in [3.63, 3.8) is 0 Å². The summed E-state index contributed by atoms with van der Waals surface area (Å²) in [5.74, 6) is 6.16. The molecular weight excluding hydrogens is 152 g/mol. The summed E-state index contributed by atoms with van der Waals surface area (Å²) in [7, 11) is 0. The highest BCUT2D eigenvalue weighted by Gasteiger charge is 2.05. The van der Waals surface area contributed by atoms with E-state index < -0.39 is 0 Å². The molecule has 1 aliphatic rings. The molecular formula is C10H16O2. The van der Waals surface area contributed by atoms with E-state index in [9.17, 15) is 0 Å². The molecule has 2 nitrogen and oxygen atoms in total. The smallest absolute Gasteiger partial charge is 0.118 e. The minimum absolute atomic E-state index is 0.0671. The Labute approximate surface area is 73.9 Å². The molecule has 0 radical (unpaired) electrons. The fourth-order valence-electron chi connectivity index (χ4n) is 1.30. The Bertz CT molecular complexity index is 166. The van der Waals surface area contributed by atoms with Gasteiger partial charge in [0.05, 0.1) is 13.2 Å². The fourth-order valence-corrected chi connectivity index (χ4v) is 1.30. The van der Waals surface area contributed by atoms with E-state index in [0.29, 0.717) is 6.61 Å². The third-order valence-corrected chi connectivity index (χ3v) is 1.94. The number of hydrogen-bond acceptors (Lipinski definition) is 2.